The first kappa shape index (κ1) is 12.4. The van der Waals surface area contributed by atoms with Crippen LogP contribution in [0.15, 0.2) is 18.2 Å². The first-order valence-corrected chi connectivity index (χ1v) is 6.58. The Bertz CT molecular complexity index is 379. The third kappa shape index (κ3) is 3.74. The molecule has 0 atom stereocenters. The van der Waals surface area contributed by atoms with E-state index >= 15 is 0 Å². The van der Waals surface area contributed by atoms with Gasteiger partial charge in [0.25, 0.3) is 0 Å². The number of nitrogens with two attached hydrogens (primary N) is 1. The highest BCUT2D eigenvalue weighted by molar-refractivity contribution is 5.38. The highest BCUT2D eigenvalue weighted by atomic mass is 16.5. The summed E-state index contributed by atoms with van der Waals surface area (Å²) in [5.41, 5.74) is 8.74. The summed E-state index contributed by atoms with van der Waals surface area (Å²) in [6.07, 6.45) is 5.65. The first-order valence-electron chi connectivity index (χ1n) is 6.58. The number of fused-ring (bicyclic) bond motifs is 1. The molecule has 1 aliphatic heterocycles. The van der Waals surface area contributed by atoms with Gasteiger partial charge >= 0.3 is 0 Å². The van der Waals surface area contributed by atoms with Crippen LogP contribution in [0.4, 0.5) is 0 Å². The Labute approximate surface area is 104 Å². The molecule has 94 valence electrons. The molecule has 2 heteroatoms. The van der Waals surface area contributed by atoms with Crippen molar-refractivity contribution in [2.45, 2.75) is 51.5 Å². The summed E-state index contributed by atoms with van der Waals surface area (Å²) in [6.45, 7) is 5.05. The van der Waals surface area contributed by atoms with Gasteiger partial charge in [-0.1, -0.05) is 12.1 Å². The molecule has 1 aromatic rings. The van der Waals surface area contributed by atoms with Crippen LogP contribution in [0.2, 0.25) is 0 Å². The molecule has 0 unspecified atom stereocenters. The quantitative estimate of drug-likeness (QED) is 0.867. The Morgan fingerprint density at radius 1 is 1.35 bits per heavy atom. The van der Waals surface area contributed by atoms with Gasteiger partial charge in [-0.25, -0.2) is 0 Å². The van der Waals surface area contributed by atoms with Crippen molar-refractivity contribution < 1.29 is 4.74 Å². The summed E-state index contributed by atoms with van der Waals surface area (Å²) in [5.74, 6) is 1.08. The maximum absolute atomic E-state index is 5.99. The second kappa shape index (κ2) is 5.09. The molecule has 2 rings (SSSR count). The lowest BCUT2D eigenvalue weighted by Crippen LogP contribution is -2.31. The van der Waals surface area contributed by atoms with Crippen molar-refractivity contribution >= 4 is 0 Å². The summed E-state index contributed by atoms with van der Waals surface area (Å²) in [6, 6.07) is 6.61. The molecule has 2 nitrogen and oxygen atoms in total. The van der Waals surface area contributed by atoms with E-state index in [2.05, 4.69) is 32.0 Å². The monoisotopic (exact) mass is 233 g/mol. The molecule has 0 aliphatic carbocycles. The fourth-order valence-corrected chi connectivity index (χ4v) is 2.32. The van der Waals surface area contributed by atoms with Gasteiger partial charge in [0.05, 0.1) is 6.61 Å². The standard InChI is InChI=1S/C15H23NO/c1-15(2,16)9-3-5-12-7-8-14-13(11-12)6-4-10-17-14/h7-8,11H,3-6,9-10,16H2,1-2H3. The number of ether oxygens (including phenoxy) is 1. The van der Waals surface area contributed by atoms with Crippen molar-refractivity contribution in [3.05, 3.63) is 29.3 Å². The van der Waals surface area contributed by atoms with E-state index in [4.69, 9.17) is 10.5 Å². The molecule has 0 aromatic heterocycles. The Balaban J connectivity index is 1.93. The fraction of sp³-hybridized carbons (Fsp3) is 0.600. The number of aryl methyl sites for hydroxylation is 2. The third-order valence-corrected chi connectivity index (χ3v) is 3.26. The van der Waals surface area contributed by atoms with Crippen LogP contribution < -0.4 is 10.5 Å². The summed E-state index contributed by atoms with van der Waals surface area (Å²) in [5, 5.41) is 0. The van der Waals surface area contributed by atoms with E-state index in [-0.39, 0.29) is 5.54 Å². The molecule has 1 heterocycles. The number of rotatable bonds is 4. The number of hydrogen-bond donors (Lipinski definition) is 1. The van der Waals surface area contributed by atoms with Crippen molar-refractivity contribution in [3.63, 3.8) is 0 Å². The zero-order chi connectivity index (χ0) is 12.3. The molecule has 0 fully saturated rings. The molecular weight excluding hydrogens is 210 g/mol. The molecule has 2 N–H and O–H groups in total. The lowest BCUT2D eigenvalue weighted by Gasteiger charge is -2.19. The third-order valence-electron chi connectivity index (χ3n) is 3.26. The predicted octanol–water partition coefficient (Wildman–Crippen LogP) is 3.07. The van der Waals surface area contributed by atoms with Crippen LogP contribution >= 0.6 is 0 Å². The molecular formula is C15H23NO. The highest BCUT2D eigenvalue weighted by Gasteiger charge is 2.12. The van der Waals surface area contributed by atoms with Crippen molar-refractivity contribution in [2.24, 2.45) is 5.73 Å². The van der Waals surface area contributed by atoms with Crippen LogP contribution in [0, 0.1) is 0 Å². The zero-order valence-corrected chi connectivity index (χ0v) is 11.0. The zero-order valence-electron chi connectivity index (χ0n) is 11.0. The van der Waals surface area contributed by atoms with E-state index in [1.54, 1.807) is 0 Å². The van der Waals surface area contributed by atoms with Gasteiger partial charge in [-0.3, -0.25) is 0 Å². The molecule has 0 saturated heterocycles. The predicted molar refractivity (Wildman–Crippen MR) is 71.5 cm³/mol. The largest absolute Gasteiger partial charge is 0.493 e. The SMILES string of the molecule is CC(C)(N)CCCc1ccc2c(c1)CCCO2. The number of hydrogen-bond acceptors (Lipinski definition) is 2. The minimum atomic E-state index is -0.0443. The lowest BCUT2D eigenvalue weighted by atomic mass is 9.95. The molecule has 0 radical (unpaired) electrons. The average molecular weight is 233 g/mol. The average Bonchev–Trinajstić information content (AvgIpc) is 2.27. The summed E-state index contributed by atoms with van der Waals surface area (Å²) >= 11 is 0. The van der Waals surface area contributed by atoms with Crippen LogP contribution in [-0.4, -0.2) is 12.1 Å². The highest BCUT2D eigenvalue weighted by Crippen LogP contribution is 2.26. The van der Waals surface area contributed by atoms with Crippen LogP contribution in [0.3, 0.4) is 0 Å². The van der Waals surface area contributed by atoms with Gasteiger partial charge in [-0.05, 0) is 63.1 Å². The van der Waals surface area contributed by atoms with Crippen LogP contribution in [0.1, 0.15) is 44.2 Å². The second-order valence-corrected chi connectivity index (χ2v) is 5.74. The van der Waals surface area contributed by atoms with Gasteiger partial charge in [0, 0.05) is 5.54 Å². The van der Waals surface area contributed by atoms with Crippen LogP contribution in [-0.2, 0) is 12.8 Å². The summed E-state index contributed by atoms with van der Waals surface area (Å²) in [4.78, 5) is 0. The minimum absolute atomic E-state index is 0.0443. The van der Waals surface area contributed by atoms with Gasteiger partial charge < -0.3 is 10.5 Å². The summed E-state index contributed by atoms with van der Waals surface area (Å²) < 4.78 is 5.62. The van der Waals surface area contributed by atoms with Crippen molar-refractivity contribution in [3.8, 4) is 5.75 Å². The Morgan fingerprint density at radius 3 is 2.94 bits per heavy atom. The molecule has 0 bridgehead atoms. The van der Waals surface area contributed by atoms with E-state index in [0.717, 1.165) is 44.5 Å². The first-order chi connectivity index (χ1) is 8.04. The fourth-order valence-electron chi connectivity index (χ4n) is 2.32. The number of benzene rings is 1. The Morgan fingerprint density at radius 2 is 2.18 bits per heavy atom. The Kier molecular flexibility index (Phi) is 3.72. The van der Waals surface area contributed by atoms with Gasteiger partial charge in [0.1, 0.15) is 5.75 Å². The molecule has 17 heavy (non-hydrogen) atoms. The lowest BCUT2D eigenvalue weighted by molar-refractivity contribution is 0.288. The maximum atomic E-state index is 5.99. The Hall–Kier alpha value is -1.02. The molecule has 1 aromatic carbocycles. The minimum Gasteiger partial charge on any atom is -0.493 e. The summed E-state index contributed by atoms with van der Waals surface area (Å²) in [7, 11) is 0. The molecule has 0 saturated carbocycles. The maximum Gasteiger partial charge on any atom is 0.122 e. The van der Waals surface area contributed by atoms with Crippen molar-refractivity contribution in [1.29, 1.82) is 0 Å². The van der Waals surface area contributed by atoms with Crippen molar-refractivity contribution in [2.75, 3.05) is 6.61 Å². The van der Waals surface area contributed by atoms with E-state index in [0.29, 0.717) is 0 Å². The van der Waals surface area contributed by atoms with Gasteiger partial charge in [0.15, 0.2) is 0 Å². The van der Waals surface area contributed by atoms with Crippen LogP contribution in [0.25, 0.3) is 0 Å². The van der Waals surface area contributed by atoms with Gasteiger partial charge in [0.2, 0.25) is 0 Å². The van der Waals surface area contributed by atoms with Crippen LogP contribution in [0.5, 0.6) is 5.75 Å². The molecule has 0 spiro atoms. The molecule has 0 amide bonds. The second-order valence-electron chi connectivity index (χ2n) is 5.74. The van der Waals surface area contributed by atoms with E-state index < -0.39 is 0 Å². The van der Waals surface area contributed by atoms with Crippen molar-refractivity contribution in [1.82, 2.24) is 0 Å². The van der Waals surface area contributed by atoms with E-state index in [9.17, 15) is 0 Å². The van der Waals surface area contributed by atoms with Gasteiger partial charge in [-0.2, -0.15) is 0 Å². The van der Waals surface area contributed by atoms with Gasteiger partial charge in [-0.15, -0.1) is 0 Å². The van der Waals surface area contributed by atoms with E-state index in [1.165, 1.54) is 11.1 Å². The topological polar surface area (TPSA) is 35.2 Å². The van der Waals surface area contributed by atoms with E-state index in [1.807, 2.05) is 0 Å². The molecule has 1 aliphatic rings. The normalized spacial score (nSPS) is 15.2. The smallest absolute Gasteiger partial charge is 0.122 e.